The maximum Gasteiger partial charge on any atom is 0.263 e. The Morgan fingerprint density at radius 3 is 3.00 bits per heavy atom. The molecule has 0 aliphatic carbocycles. The van der Waals surface area contributed by atoms with Gasteiger partial charge in [0.05, 0.1) is 5.69 Å². The van der Waals surface area contributed by atoms with Gasteiger partial charge < -0.3 is 11.1 Å². The predicted octanol–water partition coefficient (Wildman–Crippen LogP) is 3.19. The molecular weight excluding hydrogens is 370 g/mol. The molecular formula is C21H25N5OS. The molecule has 1 aliphatic rings. The Balaban J connectivity index is 1.61. The largest absolute Gasteiger partial charge is 0.397 e. The number of hydrogen-bond donors (Lipinski definition) is 2. The van der Waals surface area contributed by atoms with Crippen LogP contribution in [-0.2, 0) is 12.0 Å². The summed E-state index contributed by atoms with van der Waals surface area (Å²) >= 11 is 1.37. The Morgan fingerprint density at radius 1 is 1.39 bits per heavy atom. The molecule has 3 aromatic rings. The van der Waals surface area contributed by atoms with E-state index < -0.39 is 0 Å². The van der Waals surface area contributed by atoms with Gasteiger partial charge in [-0.15, -0.1) is 11.3 Å². The predicted molar refractivity (Wildman–Crippen MR) is 114 cm³/mol. The molecule has 0 saturated carbocycles. The zero-order chi connectivity index (χ0) is 19.7. The zero-order valence-electron chi connectivity index (χ0n) is 16.2. The van der Waals surface area contributed by atoms with E-state index in [1.165, 1.54) is 16.9 Å². The number of thiophene rings is 1. The average molecular weight is 396 g/mol. The lowest BCUT2D eigenvalue weighted by atomic mass is 9.78. The second-order valence-electron chi connectivity index (χ2n) is 7.71. The number of piperidine rings is 1. The first-order valence-electron chi connectivity index (χ1n) is 9.53. The SMILES string of the molecule is CNC(=O)c1sc2nc([C@@]3(C)CCCN(Cc4cccnc4)C3)ccc2c1N. The molecule has 1 fully saturated rings. The van der Waals surface area contributed by atoms with Crippen molar-refractivity contribution in [3.8, 4) is 0 Å². The molecule has 1 amide bonds. The second kappa shape index (κ2) is 7.48. The van der Waals surface area contributed by atoms with Gasteiger partial charge in [-0.05, 0) is 43.1 Å². The molecule has 0 bridgehead atoms. The van der Waals surface area contributed by atoms with Crippen LogP contribution in [0.15, 0.2) is 36.7 Å². The Bertz CT molecular complexity index is 1000. The van der Waals surface area contributed by atoms with Crippen LogP contribution in [-0.4, -0.2) is 40.9 Å². The van der Waals surface area contributed by atoms with E-state index in [0.717, 1.165) is 48.4 Å². The van der Waals surface area contributed by atoms with Crippen LogP contribution in [0.4, 0.5) is 5.69 Å². The first-order valence-corrected chi connectivity index (χ1v) is 10.3. The van der Waals surface area contributed by atoms with Crippen LogP contribution in [0.2, 0.25) is 0 Å². The lowest BCUT2D eigenvalue weighted by Crippen LogP contribution is -2.44. The summed E-state index contributed by atoms with van der Waals surface area (Å²) in [5.74, 6) is -0.159. The topological polar surface area (TPSA) is 84.1 Å². The number of amides is 1. The lowest BCUT2D eigenvalue weighted by Gasteiger charge is -2.40. The number of fused-ring (bicyclic) bond motifs is 1. The summed E-state index contributed by atoms with van der Waals surface area (Å²) in [7, 11) is 1.62. The van der Waals surface area contributed by atoms with Gasteiger partial charge >= 0.3 is 0 Å². The zero-order valence-corrected chi connectivity index (χ0v) is 17.1. The first kappa shape index (κ1) is 18.8. The number of anilines is 1. The van der Waals surface area contributed by atoms with Gasteiger partial charge in [-0.2, -0.15) is 0 Å². The molecule has 6 nitrogen and oxygen atoms in total. The monoisotopic (exact) mass is 395 g/mol. The fourth-order valence-electron chi connectivity index (χ4n) is 4.05. The molecule has 3 N–H and O–H groups in total. The fraction of sp³-hybridized carbons (Fsp3) is 0.381. The highest BCUT2D eigenvalue weighted by Gasteiger charge is 2.34. The van der Waals surface area contributed by atoms with E-state index in [1.54, 1.807) is 7.05 Å². The minimum Gasteiger partial charge on any atom is -0.397 e. The number of carbonyl (C=O) groups is 1. The summed E-state index contributed by atoms with van der Waals surface area (Å²) in [5.41, 5.74) is 8.97. The van der Waals surface area contributed by atoms with Crippen molar-refractivity contribution in [2.75, 3.05) is 25.9 Å². The summed E-state index contributed by atoms with van der Waals surface area (Å²) in [6.45, 7) is 5.22. The highest BCUT2D eigenvalue weighted by atomic mass is 32.1. The lowest BCUT2D eigenvalue weighted by molar-refractivity contribution is 0.0968. The van der Waals surface area contributed by atoms with Gasteiger partial charge in [-0.3, -0.25) is 14.7 Å². The minimum atomic E-state index is -0.159. The van der Waals surface area contributed by atoms with Gasteiger partial charge in [0.1, 0.15) is 9.71 Å². The molecule has 1 aliphatic heterocycles. The highest BCUT2D eigenvalue weighted by Crippen LogP contribution is 2.37. The summed E-state index contributed by atoms with van der Waals surface area (Å²) in [6, 6.07) is 8.20. The number of hydrogen-bond acceptors (Lipinski definition) is 6. The standard InChI is InChI=1S/C21H25N5OS/c1-21(8-4-10-26(13-21)12-14-5-3-9-24-11-14)16-7-6-15-17(22)18(19(27)23-2)28-20(15)25-16/h3,5-7,9,11H,4,8,10,12-13,22H2,1-2H3,(H,23,27)/t21-/m0/s1. The summed E-state index contributed by atoms with van der Waals surface area (Å²) in [5, 5.41) is 3.51. The van der Waals surface area contributed by atoms with Crippen molar-refractivity contribution in [3.63, 3.8) is 0 Å². The number of aromatic nitrogens is 2. The molecule has 3 aromatic heterocycles. The molecule has 0 radical (unpaired) electrons. The molecule has 0 aromatic carbocycles. The van der Waals surface area contributed by atoms with Crippen molar-refractivity contribution in [2.45, 2.75) is 31.7 Å². The van der Waals surface area contributed by atoms with E-state index in [-0.39, 0.29) is 11.3 Å². The summed E-state index contributed by atoms with van der Waals surface area (Å²) < 4.78 is 0. The number of likely N-dealkylation sites (tertiary alicyclic amines) is 1. The number of nitrogens with two attached hydrogens (primary N) is 1. The molecule has 0 unspecified atom stereocenters. The average Bonchev–Trinajstić information content (AvgIpc) is 3.04. The number of rotatable bonds is 4. The number of nitrogens with one attached hydrogen (secondary N) is 1. The Labute approximate surface area is 168 Å². The maximum absolute atomic E-state index is 12.0. The first-order chi connectivity index (χ1) is 13.5. The third kappa shape index (κ3) is 3.47. The summed E-state index contributed by atoms with van der Waals surface area (Å²) in [4.78, 5) is 25.1. The minimum absolute atomic E-state index is 0.0272. The van der Waals surface area contributed by atoms with Crippen molar-refractivity contribution >= 4 is 33.1 Å². The van der Waals surface area contributed by atoms with Crippen LogP contribution in [0.1, 0.15) is 40.7 Å². The molecule has 4 heterocycles. The number of carbonyl (C=O) groups excluding carboxylic acids is 1. The van der Waals surface area contributed by atoms with Crippen LogP contribution < -0.4 is 11.1 Å². The highest BCUT2D eigenvalue weighted by molar-refractivity contribution is 7.21. The Morgan fingerprint density at radius 2 is 2.25 bits per heavy atom. The maximum atomic E-state index is 12.0. The van der Waals surface area contributed by atoms with Crippen molar-refractivity contribution < 1.29 is 4.79 Å². The Hall–Kier alpha value is -2.51. The molecule has 1 atom stereocenters. The number of nitrogens with zero attached hydrogens (tertiary/aromatic N) is 3. The van der Waals surface area contributed by atoms with E-state index in [1.807, 2.05) is 24.5 Å². The van der Waals surface area contributed by atoms with E-state index in [2.05, 4.69) is 34.3 Å². The van der Waals surface area contributed by atoms with Crippen LogP contribution in [0, 0.1) is 0 Å². The smallest absolute Gasteiger partial charge is 0.263 e. The van der Waals surface area contributed by atoms with E-state index in [4.69, 9.17) is 10.7 Å². The van der Waals surface area contributed by atoms with Crippen molar-refractivity contribution in [2.24, 2.45) is 0 Å². The van der Waals surface area contributed by atoms with Gasteiger partial charge in [0.15, 0.2) is 0 Å². The second-order valence-corrected chi connectivity index (χ2v) is 8.71. The molecule has 0 spiro atoms. The van der Waals surface area contributed by atoms with Gasteiger partial charge in [0.25, 0.3) is 5.91 Å². The number of nitrogen functional groups attached to an aromatic ring is 1. The van der Waals surface area contributed by atoms with Gasteiger partial charge in [-0.1, -0.05) is 13.0 Å². The third-order valence-corrected chi connectivity index (χ3v) is 6.66. The van der Waals surface area contributed by atoms with Crippen molar-refractivity contribution in [3.05, 3.63) is 52.8 Å². The third-order valence-electron chi connectivity index (χ3n) is 5.55. The van der Waals surface area contributed by atoms with E-state index >= 15 is 0 Å². The van der Waals surface area contributed by atoms with Crippen molar-refractivity contribution in [1.82, 2.24) is 20.2 Å². The van der Waals surface area contributed by atoms with Crippen LogP contribution in [0.5, 0.6) is 0 Å². The Kier molecular flexibility index (Phi) is 5.03. The fourth-order valence-corrected chi connectivity index (χ4v) is 5.09. The van der Waals surface area contributed by atoms with Crippen LogP contribution >= 0.6 is 11.3 Å². The van der Waals surface area contributed by atoms with Crippen molar-refractivity contribution in [1.29, 1.82) is 0 Å². The van der Waals surface area contributed by atoms with Crippen LogP contribution in [0.25, 0.3) is 10.2 Å². The van der Waals surface area contributed by atoms with E-state index in [9.17, 15) is 4.79 Å². The molecule has 146 valence electrons. The molecule has 7 heteroatoms. The van der Waals surface area contributed by atoms with Gasteiger partial charge in [0, 0.05) is 49.0 Å². The quantitative estimate of drug-likeness (QED) is 0.709. The van der Waals surface area contributed by atoms with E-state index in [0.29, 0.717) is 10.6 Å². The normalized spacial score (nSPS) is 20.4. The molecule has 1 saturated heterocycles. The van der Waals surface area contributed by atoms with Gasteiger partial charge in [0.2, 0.25) is 0 Å². The van der Waals surface area contributed by atoms with Crippen LogP contribution in [0.3, 0.4) is 0 Å². The number of pyridine rings is 2. The van der Waals surface area contributed by atoms with Gasteiger partial charge in [-0.25, -0.2) is 4.98 Å². The molecule has 4 rings (SSSR count). The molecule has 28 heavy (non-hydrogen) atoms. The summed E-state index contributed by atoms with van der Waals surface area (Å²) in [6.07, 6.45) is 5.97.